The van der Waals surface area contributed by atoms with Crippen LogP contribution in [0, 0.1) is 6.92 Å². The van der Waals surface area contributed by atoms with Crippen LogP contribution in [0.3, 0.4) is 0 Å². The largest absolute Gasteiger partial charge is 0.304 e. The third-order valence-corrected chi connectivity index (χ3v) is 4.27. The van der Waals surface area contributed by atoms with E-state index in [4.69, 9.17) is 0 Å². The fraction of sp³-hybridized carbons (Fsp3) is 0.188. The first-order chi connectivity index (χ1) is 10.2. The lowest BCUT2D eigenvalue weighted by atomic mass is 10.2. The zero-order valence-electron chi connectivity index (χ0n) is 12.0. The van der Waals surface area contributed by atoms with E-state index in [1.54, 1.807) is 18.0 Å². The summed E-state index contributed by atoms with van der Waals surface area (Å²) < 4.78 is 1.99. The molecule has 0 saturated carbocycles. The van der Waals surface area contributed by atoms with Crippen LogP contribution in [0.1, 0.15) is 11.1 Å². The van der Waals surface area contributed by atoms with Crippen LogP contribution in [0.25, 0.3) is 11.5 Å². The molecule has 0 amide bonds. The van der Waals surface area contributed by atoms with Crippen molar-refractivity contribution in [3.63, 3.8) is 0 Å². The first-order valence-electron chi connectivity index (χ1n) is 6.73. The van der Waals surface area contributed by atoms with Crippen molar-refractivity contribution < 1.29 is 0 Å². The zero-order valence-corrected chi connectivity index (χ0v) is 12.8. The van der Waals surface area contributed by atoms with Gasteiger partial charge in [-0.3, -0.25) is 4.98 Å². The maximum absolute atomic E-state index is 4.32. The molecule has 4 nitrogen and oxygen atoms in total. The summed E-state index contributed by atoms with van der Waals surface area (Å²) in [5.41, 5.74) is 3.41. The molecule has 0 atom stereocenters. The molecule has 5 heteroatoms. The second-order valence-electron chi connectivity index (χ2n) is 4.86. The van der Waals surface area contributed by atoms with Crippen molar-refractivity contribution in [1.82, 2.24) is 19.7 Å². The van der Waals surface area contributed by atoms with E-state index in [-0.39, 0.29) is 0 Å². The van der Waals surface area contributed by atoms with E-state index in [1.807, 2.05) is 29.8 Å². The lowest BCUT2D eigenvalue weighted by Gasteiger charge is -2.04. The van der Waals surface area contributed by atoms with Crippen molar-refractivity contribution in [1.29, 1.82) is 0 Å². The van der Waals surface area contributed by atoms with Crippen molar-refractivity contribution in [2.45, 2.75) is 17.8 Å². The van der Waals surface area contributed by atoms with Crippen molar-refractivity contribution >= 4 is 11.8 Å². The van der Waals surface area contributed by atoms with E-state index in [0.717, 1.165) is 22.4 Å². The Labute approximate surface area is 128 Å². The molecule has 0 aliphatic carbocycles. The highest BCUT2D eigenvalue weighted by molar-refractivity contribution is 7.98. The first-order valence-corrected chi connectivity index (χ1v) is 7.72. The fourth-order valence-corrected chi connectivity index (χ4v) is 2.96. The summed E-state index contributed by atoms with van der Waals surface area (Å²) in [6.07, 6.45) is 1.77. The van der Waals surface area contributed by atoms with Crippen molar-refractivity contribution in [3.8, 4) is 11.5 Å². The standard InChI is InChI=1S/C16H16N4S/c1-12-6-5-7-13(10-12)11-21-16-19-18-15(20(16)2)14-8-3-4-9-17-14/h3-10H,11H2,1-2H3. The van der Waals surface area contributed by atoms with Crippen LogP contribution < -0.4 is 0 Å². The Balaban J connectivity index is 1.77. The zero-order chi connectivity index (χ0) is 14.7. The number of benzene rings is 1. The van der Waals surface area contributed by atoms with Crippen molar-refractivity contribution in [2.24, 2.45) is 7.05 Å². The molecule has 21 heavy (non-hydrogen) atoms. The van der Waals surface area contributed by atoms with E-state index in [0.29, 0.717) is 0 Å². The van der Waals surface area contributed by atoms with E-state index < -0.39 is 0 Å². The molecule has 2 aromatic heterocycles. The van der Waals surface area contributed by atoms with Gasteiger partial charge in [0, 0.05) is 19.0 Å². The van der Waals surface area contributed by atoms with Crippen LogP contribution in [0.2, 0.25) is 0 Å². The number of thioether (sulfide) groups is 1. The molecule has 0 saturated heterocycles. The normalized spacial score (nSPS) is 10.8. The molecule has 0 aliphatic rings. The van der Waals surface area contributed by atoms with Gasteiger partial charge in [-0.05, 0) is 24.6 Å². The summed E-state index contributed by atoms with van der Waals surface area (Å²) in [5.74, 6) is 1.68. The van der Waals surface area contributed by atoms with Gasteiger partial charge >= 0.3 is 0 Å². The molecule has 1 aromatic carbocycles. The molecule has 0 N–H and O–H groups in total. The van der Waals surface area contributed by atoms with Gasteiger partial charge in [0.05, 0.1) is 0 Å². The Bertz CT molecular complexity index is 737. The predicted octanol–water partition coefficient (Wildman–Crippen LogP) is 3.48. The van der Waals surface area contributed by atoms with Gasteiger partial charge in [0.1, 0.15) is 5.69 Å². The van der Waals surface area contributed by atoms with Crippen LogP contribution in [0.4, 0.5) is 0 Å². The van der Waals surface area contributed by atoms with Gasteiger partial charge in [-0.1, -0.05) is 47.7 Å². The van der Waals surface area contributed by atoms with Crippen molar-refractivity contribution in [2.75, 3.05) is 0 Å². The Morgan fingerprint density at radius 1 is 1.10 bits per heavy atom. The maximum atomic E-state index is 4.32. The Morgan fingerprint density at radius 3 is 2.76 bits per heavy atom. The summed E-state index contributed by atoms with van der Waals surface area (Å²) >= 11 is 1.69. The van der Waals surface area contributed by atoms with Crippen LogP contribution in [-0.4, -0.2) is 19.7 Å². The van der Waals surface area contributed by atoms with Crippen LogP contribution in [-0.2, 0) is 12.8 Å². The highest BCUT2D eigenvalue weighted by Crippen LogP contribution is 2.24. The summed E-state index contributed by atoms with van der Waals surface area (Å²) in [7, 11) is 1.97. The van der Waals surface area contributed by atoms with Gasteiger partial charge in [-0.2, -0.15) is 0 Å². The first kappa shape index (κ1) is 13.8. The number of aromatic nitrogens is 4. The molecular weight excluding hydrogens is 280 g/mol. The number of hydrogen-bond donors (Lipinski definition) is 0. The molecule has 106 valence electrons. The van der Waals surface area contributed by atoms with Gasteiger partial charge in [-0.25, -0.2) is 0 Å². The SMILES string of the molecule is Cc1cccc(CSc2nnc(-c3ccccn3)n2C)c1. The molecule has 0 fully saturated rings. The molecule has 2 heterocycles. The molecule has 3 rings (SSSR count). The second kappa shape index (κ2) is 6.10. The van der Waals surface area contributed by atoms with E-state index in [1.165, 1.54) is 11.1 Å². The minimum absolute atomic E-state index is 0.794. The number of aryl methyl sites for hydroxylation is 1. The Hall–Kier alpha value is -2.14. The van der Waals surface area contributed by atoms with Gasteiger partial charge in [-0.15, -0.1) is 10.2 Å². The van der Waals surface area contributed by atoms with Gasteiger partial charge in [0.15, 0.2) is 11.0 Å². The third-order valence-electron chi connectivity index (χ3n) is 3.18. The molecule has 0 aliphatic heterocycles. The number of rotatable bonds is 4. The average Bonchev–Trinajstić information content (AvgIpc) is 2.87. The molecular formula is C16H16N4S. The molecule has 3 aromatic rings. The fourth-order valence-electron chi connectivity index (χ4n) is 2.11. The smallest absolute Gasteiger partial charge is 0.191 e. The highest BCUT2D eigenvalue weighted by Gasteiger charge is 2.11. The van der Waals surface area contributed by atoms with E-state index >= 15 is 0 Å². The second-order valence-corrected chi connectivity index (χ2v) is 5.80. The van der Waals surface area contributed by atoms with Crippen molar-refractivity contribution in [3.05, 3.63) is 59.8 Å². The molecule has 0 radical (unpaired) electrons. The highest BCUT2D eigenvalue weighted by atomic mass is 32.2. The predicted molar refractivity (Wildman–Crippen MR) is 85.0 cm³/mol. The quantitative estimate of drug-likeness (QED) is 0.691. The number of nitrogens with zero attached hydrogens (tertiary/aromatic N) is 4. The molecule has 0 spiro atoms. The summed E-state index contributed by atoms with van der Waals surface area (Å²) in [6, 6.07) is 14.3. The summed E-state index contributed by atoms with van der Waals surface area (Å²) in [4.78, 5) is 4.32. The van der Waals surface area contributed by atoms with Crippen LogP contribution in [0.5, 0.6) is 0 Å². The summed E-state index contributed by atoms with van der Waals surface area (Å²) in [5, 5.41) is 9.41. The summed E-state index contributed by atoms with van der Waals surface area (Å²) in [6.45, 7) is 2.11. The minimum Gasteiger partial charge on any atom is -0.304 e. The Morgan fingerprint density at radius 2 is 2.00 bits per heavy atom. The average molecular weight is 296 g/mol. The molecule has 0 unspecified atom stereocenters. The third kappa shape index (κ3) is 3.13. The topological polar surface area (TPSA) is 43.6 Å². The van der Waals surface area contributed by atoms with Crippen LogP contribution >= 0.6 is 11.8 Å². The van der Waals surface area contributed by atoms with Gasteiger partial charge < -0.3 is 4.57 Å². The monoisotopic (exact) mass is 296 g/mol. The lowest BCUT2D eigenvalue weighted by molar-refractivity contribution is 0.792. The lowest BCUT2D eigenvalue weighted by Crippen LogP contribution is -1.96. The molecule has 0 bridgehead atoms. The van der Waals surface area contributed by atoms with Crippen LogP contribution in [0.15, 0.2) is 53.8 Å². The van der Waals surface area contributed by atoms with Gasteiger partial charge in [0.2, 0.25) is 0 Å². The maximum Gasteiger partial charge on any atom is 0.191 e. The van der Waals surface area contributed by atoms with E-state index in [9.17, 15) is 0 Å². The number of hydrogen-bond acceptors (Lipinski definition) is 4. The van der Waals surface area contributed by atoms with Gasteiger partial charge in [0.25, 0.3) is 0 Å². The Kier molecular flexibility index (Phi) is 4.01. The minimum atomic E-state index is 0.794. The number of pyridine rings is 1. The van der Waals surface area contributed by atoms with E-state index in [2.05, 4.69) is 46.4 Å².